The molecule has 15 heavy (non-hydrogen) atoms. The Morgan fingerprint density at radius 2 is 1.87 bits per heavy atom. The van der Waals surface area contributed by atoms with Crippen LogP contribution in [0.3, 0.4) is 0 Å². The predicted molar refractivity (Wildman–Crippen MR) is 68.4 cm³/mol. The summed E-state index contributed by atoms with van der Waals surface area (Å²) >= 11 is 0. The Hall–Kier alpha value is -1.15. The molecular formula is C13H18OSi. The van der Waals surface area contributed by atoms with Gasteiger partial charge in [0.25, 0.3) is 0 Å². The minimum Gasteiger partial charge on any atom is -0.298 e. The highest BCUT2D eigenvalue weighted by Crippen LogP contribution is 2.17. The molecule has 0 unspecified atom stereocenters. The molecule has 0 atom stereocenters. The number of hydrogen-bond donors (Lipinski definition) is 0. The van der Waals surface area contributed by atoms with Crippen LogP contribution in [0, 0.1) is 0 Å². The third-order valence-electron chi connectivity index (χ3n) is 3.28. The SMILES string of the molecule is C=C[Si](CC)(CC)c1ccccc1C=O. The van der Waals surface area contributed by atoms with Crippen LogP contribution in [0.2, 0.25) is 12.1 Å². The van der Waals surface area contributed by atoms with E-state index in [1.165, 1.54) is 5.19 Å². The van der Waals surface area contributed by atoms with E-state index in [1.54, 1.807) is 0 Å². The van der Waals surface area contributed by atoms with Crippen molar-refractivity contribution in [2.45, 2.75) is 25.9 Å². The van der Waals surface area contributed by atoms with Crippen molar-refractivity contribution in [3.8, 4) is 0 Å². The van der Waals surface area contributed by atoms with Crippen molar-refractivity contribution in [1.82, 2.24) is 0 Å². The highest BCUT2D eigenvalue weighted by atomic mass is 28.3. The lowest BCUT2D eigenvalue weighted by molar-refractivity contribution is 0.112. The van der Waals surface area contributed by atoms with E-state index in [-0.39, 0.29) is 0 Å². The molecule has 1 aromatic carbocycles. The Morgan fingerprint density at radius 1 is 1.27 bits per heavy atom. The topological polar surface area (TPSA) is 17.1 Å². The first-order chi connectivity index (χ1) is 7.24. The lowest BCUT2D eigenvalue weighted by Gasteiger charge is -2.27. The number of rotatable bonds is 5. The third kappa shape index (κ3) is 2.10. The largest absolute Gasteiger partial charge is 0.298 e. The Morgan fingerprint density at radius 3 is 2.33 bits per heavy atom. The quantitative estimate of drug-likeness (QED) is 0.548. The van der Waals surface area contributed by atoms with Gasteiger partial charge in [-0.05, 0) is 5.19 Å². The van der Waals surface area contributed by atoms with Crippen molar-refractivity contribution in [3.63, 3.8) is 0 Å². The number of hydrogen-bond acceptors (Lipinski definition) is 1. The van der Waals surface area contributed by atoms with Gasteiger partial charge in [0, 0.05) is 5.56 Å². The molecule has 0 N–H and O–H groups in total. The summed E-state index contributed by atoms with van der Waals surface area (Å²) < 4.78 is 0. The maximum Gasteiger partial charge on any atom is 0.149 e. The molecule has 1 aromatic rings. The van der Waals surface area contributed by atoms with Crippen LogP contribution in [0.15, 0.2) is 36.5 Å². The Labute approximate surface area is 92.8 Å². The van der Waals surface area contributed by atoms with Gasteiger partial charge in [-0.2, -0.15) is 0 Å². The number of benzene rings is 1. The molecule has 1 nitrogen and oxygen atoms in total. The molecule has 0 bridgehead atoms. The van der Waals surface area contributed by atoms with Gasteiger partial charge in [-0.15, -0.1) is 6.58 Å². The van der Waals surface area contributed by atoms with Crippen molar-refractivity contribution in [2.75, 3.05) is 0 Å². The molecule has 80 valence electrons. The summed E-state index contributed by atoms with van der Waals surface area (Å²) in [6, 6.07) is 10.1. The highest BCUT2D eigenvalue weighted by molar-refractivity contribution is 6.96. The van der Waals surface area contributed by atoms with E-state index >= 15 is 0 Å². The summed E-state index contributed by atoms with van der Waals surface area (Å²) in [6.07, 6.45) is 0.964. The van der Waals surface area contributed by atoms with E-state index in [0.717, 1.165) is 23.9 Å². The third-order valence-corrected chi connectivity index (χ3v) is 8.11. The zero-order chi connectivity index (χ0) is 11.3. The maximum absolute atomic E-state index is 11.0. The monoisotopic (exact) mass is 218 g/mol. The summed E-state index contributed by atoms with van der Waals surface area (Å²) in [5, 5.41) is 1.24. The molecule has 2 heteroatoms. The molecule has 0 amide bonds. The molecule has 0 saturated heterocycles. The van der Waals surface area contributed by atoms with Crippen molar-refractivity contribution < 1.29 is 4.79 Å². The van der Waals surface area contributed by atoms with E-state index in [9.17, 15) is 4.79 Å². The van der Waals surface area contributed by atoms with Crippen LogP contribution in [0.5, 0.6) is 0 Å². The molecular weight excluding hydrogens is 200 g/mol. The molecule has 0 saturated carbocycles. The lowest BCUT2D eigenvalue weighted by atomic mass is 10.2. The number of carbonyl (C=O) groups is 1. The predicted octanol–water partition coefficient (Wildman–Crippen LogP) is 2.92. The van der Waals surface area contributed by atoms with E-state index in [0.29, 0.717) is 0 Å². The van der Waals surface area contributed by atoms with Crippen LogP contribution in [-0.4, -0.2) is 14.4 Å². The minimum atomic E-state index is -1.63. The van der Waals surface area contributed by atoms with Crippen LogP contribution in [0.1, 0.15) is 24.2 Å². The fraction of sp³-hybridized carbons (Fsp3) is 0.308. The highest BCUT2D eigenvalue weighted by Gasteiger charge is 2.29. The van der Waals surface area contributed by atoms with Gasteiger partial charge in [0.05, 0.1) is 0 Å². The first-order valence-corrected chi connectivity index (χ1v) is 7.91. The Balaban J connectivity index is 3.33. The summed E-state index contributed by atoms with van der Waals surface area (Å²) in [7, 11) is -1.63. The molecule has 0 spiro atoms. The first-order valence-electron chi connectivity index (χ1n) is 5.42. The number of carbonyl (C=O) groups excluding carboxylic acids is 1. The van der Waals surface area contributed by atoms with Gasteiger partial charge in [-0.25, -0.2) is 0 Å². The van der Waals surface area contributed by atoms with Crippen molar-refractivity contribution >= 4 is 19.5 Å². The lowest BCUT2D eigenvalue weighted by Crippen LogP contribution is -2.46. The molecule has 0 aliphatic rings. The van der Waals surface area contributed by atoms with Crippen LogP contribution in [0.25, 0.3) is 0 Å². The van der Waals surface area contributed by atoms with Crippen LogP contribution in [0.4, 0.5) is 0 Å². The fourth-order valence-electron chi connectivity index (χ4n) is 2.08. The number of aldehydes is 1. The first kappa shape index (κ1) is 11.9. The van der Waals surface area contributed by atoms with Gasteiger partial charge >= 0.3 is 0 Å². The molecule has 0 aliphatic heterocycles. The van der Waals surface area contributed by atoms with Gasteiger partial charge in [0.2, 0.25) is 0 Å². The van der Waals surface area contributed by atoms with Gasteiger partial charge < -0.3 is 0 Å². The standard InChI is InChI=1S/C13H18OSi/c1-4-15(5-2,6-3)13-10-8-7-9-12(13)11-14/h4,7-11H,1,5-6H2,2-3H3. The summed E-state index contributed by atoms with van der Waals surface area (Å²) in [4.78, 5) is 11.0. The second-order valence-electron chi connectivity index (χ2n) is 3.77. The molecule has 0 aromatic heterocycles. The molecule has 1 rings (SSSR count). The zero-order valence-electron chi connectivity index (χ0n) is 9.49. The normalized spacial score (nSPS) is 11.1. The molecule has 0 fully saturated rings. The van der Waals surface area contributed by atoms with Crippen LogP contribution >= 0.6 is 0 Å². The molecule has 0 aliphatic carbocycles. The van der Waals surface area contributed by atoms with Crippen molar-refractivity contribution in [2.24, 2.45) is 0 Å². The second-order valence-corrected chi connectivity index (χ2v) is 8.45. The molecule has 0 heterocycles. The maximum atomic E-state index is 11.0. The van der Waals surface area contributed by atoms with Gasteiger partial charge in [-0.3, -0.25) is 4.79 Å². The van der Waals surface area contributed by atoms with Crippen molar-refractivity contribution in [3.05, 3.63) is 42.1 Å². The average Bonchev–Trinajstić information content (AvgIpc) is 2.33. The van der Waals surface area contributed by atoms with E-state index in [1.807, 2.05) is 18.2 Å². The van der Waals surface area contributed by atoms with E-state index in [4.69, 9.17) is 0 Å². The Kier molecular flexibility index (Phi) is 4.03. The van der Waals surface area contributed by atoms with Gasteiger partial charge in [0.15, 0.2) is 0 Å². The van der Waals surface area contributed by atoms with Crippen molar-refractivity contribution in [1.29, 1.82) is 0 Å². The van der Waals surface area contributed by atoms with Crippen LogP contribution < -0.4 is 5.19 Å². The fourth-order valence-corrected chi connectivity index (χ4v) is 5.29. The van der Waals surface area contributed by atoms with Gasteiger partial charge in [0.1, 0.15) is 14.4 Å². The minimum absolute atomic E-state index is 0.841. The summed E-state index contributed by atoms with van der Waals surface area (Å²) in [5.74, 6) is 0. The molecule has 0 radical (unpaired) electrons. The van der Waals surface area contributed by atoms with Crippen LogP contribution in [-0.2, 0) is 0 Å². The Bertz CT molecular complexity index is 353. The summed E-state index contributed by atoms with van der Waals surface area (Å²) in [5.41, 5.74) is 2.95. The summed E-state index contributed by atoms with van der Waals surface area (Å²) in [6.45, 7) is 8.36. The van der Waals surface area contributed by atoms with E-state index < -0.39 is 8.07 Å². The second kappa shape index (κ2) is 5.08. The average molecular weight is 218 g/mol. The zero-order valence-corrected chi connectivity index (χ0v) is 10.5. The smallest absolute Gasteiger partial charge is 0.149 e. The van der Waals surface area contributed by atoms with E-state index in [2.05, 4.69) is 32.2 Å². The van der Waals surface area contributed by atoms with Gasteiger partial charge in [-0.1, -0.05) is 55.9 Å².